The van der Waals surface area contributed by atoms with Gasteiger partial charge in [0.05, 0.1) is 8.29 Å². The minimum Gasteiger partial charge on any atom is -0.380 e. The van der Waals surface area contributed by atoms with Crippen LogP contribution >= 0.6 is 34.4 Å². The largest absolute Gasteiger partial charge is 0.380 e. The van der Waals surface area contributed by atoms with Crippen LogP contribution in [0.3, 0.4) is 0 Å². The molecule has 1 atom stereocenters. The molecule has 0 aliphatic carbocycles. The molecule has 0 amide bonds. The minimum absolute atomic E-state index is 0.806. The topological polar surface area (TPSA) is 12.0 Å². The molecular formula is C6H8INS. The van der Waals surface area contributed by atoms with Gasteiger partial charge in [0.15, 0.2) is 0 Å². The van der Waals surface area contributed by atoms with Crippen LogP contribution in [0.15, 0.2) is 10.6 Å². The lowest BCUT2D eigenvalue weighted by Crippen LogP contribution is -2.05. The Morgan fingerprint density at radius 3 is 3.33 bits per heavy atom. The summed E-state index contributed by atoms with van der Waals surface area (Å²) in [6.07, 6.45) is 2.61. The van der Waals surface area contributed by atoms with Crippen molar-refractivity contribution < 1.29 is 0 Å². The third-order valence-corrected chi connectivity index (χ3v) is 3.98. The average Bonchev–Trinajstić information content (AvgIpc) is 2.22. The fourth-order valence-corrected chi connectivity index (χ4v) is 3.62. The van der Waals surface area contributed by atoms with E-state index in [1.807, 2.05) is 11.8 Å². The van der Waals surface area contributed by atoms with Crippen LogP contribution in [0, 0.1) is 0 Å². The zero-order chi connectivity index (χ0) is 6.27. The molecule has 0 fully saturated rings. The molecule has 0 saturated heterocycles. The van der Waals surface area contributed by atoms with E-state index >= 15 is 0 Å². The zero-order valence-electron chi connectivity index (χ0n) is 4.98. The third kappa shape index (κ3) is 1.09. The van der Waals surface area contributed by atoms with Gasteiger partial charge in [0.2, 0.25) is 0 Å². The maximum atomic E-state index is 3.39. The molecule has 0 aromatic heterocycles. The molecule has 2 aliphatic rings. The summed E-state index contributed by atoms with van der Waals surface area (Å²) >= 11 is 4.49. The maximum Gasteiger partial charge on any atom is 0.0685 e. The Kier molecular flexibility index (Phi) is 1.65. The molecule has 0 aromatic rings. The fraction of sp³-hybridized carbons (Fsp3) is 0.667. The maximum absolute atomic E-state index is 3.39. The summed E-state index contributed by atoms with van der Waals surface area (Å²) in [4.78, 5) is 0. The van der Waals surface area contributed by atoms with Gasteiger partial charge in [-0.25, -0.2) is 0 Å². The Balaban J connectivity index is 2.15. The van der Waals surface area contributed by atoms with E-state index in [9.17, 15) is 0 Å². The van der Waals surface area contributed by atoms with Gasteiger partial charge in [0, 0.05) is 6.54 Å². The molecule has 3 heteroatoms. The van der Waals surface area contributed by atoms with Gasteiger partial charge >= 0.3 is 0 Å². The third-order valence-electron chi connectivity index (χ3n) is 1.69. The molecule has 0 aromatic carbocycles. The van der Waals surface area contributed by atoms with E-state index in [1.54, 1.807) is 5.57 Å². The number of thioether (sulfide) groups is 1. The molecule has 0 radical (unpaired) electrons. The highest BCUT2D eigenvalue weighted by Gasteiger charge is 2.25. The zero-order valence-corrected chi connectivity index (χ0v) is 7.96. The van der Waals surface area contributed by atoms with E-state index in [1.165, 1.54) is 24.4 Å². The van der Waals surface area contributed by atoms with Gasteiger partial charge in [-0.2, -0.15) is 0 Å². The van der Waals surface area contributed by atoms with Crippen LogP contribution in [0.25, 0.3) is 0 Å². The van der Waals surface area contributed by atoms with Gasteiger partial charge in [-0.05, 0) is 18.4 Å². The van der Waals surface area contributed by atoms with Gasteiger partial charge < -0.3 is 5.32 Å². The van der Waals surface area contributed by atoms with Crippen LogP contribution in [-0.2, 0) is 0 Å². The van der Waals surface area contributed by atoms with Crippen molar-refractivity contribution in [1.82, 2.24) is 5.32 Å². The van der Waals surface area contributed by atoms with Crippen LogP contribution in [0.2, 0.25) is 0 Å². The number of nitrogens with one attached hydrogen (secondary N) is 1. The Hall–Kier alpha value is 0.620. The number of hydrogen-bond acceptors (Lipinski definition) is 2. The Labute approximate surface area is 72.8 Å². The number of hydrogen-bond donors (Lipinski definition) is 1. The summed E-state index contributed by atoms with van der Waals surface area (Å²) in [6, 6.07) is 0. The number of alkyl halides is 1. The average molecular weight is 253 g/mol. The van der Waals surface area contributed by atoms with Gasteiger partial charge in [0.1, 0.15) is 0 Å². The van der Waals surface area contributed by atoms with Crippen molar-refractivity contribution >= 4 is 34.4 Å². The Bertz CT molecular complexity index is 150. The lowest BCUT2D eigenvalue weighted by atomic mass is 10.2. The summed E-state index contributed by atoms with van der Waals surface area (Å²) in [5.74, 6) is 0. The minimum atomic E-state index is 0.806. The summed E-state index contributed by atoms with van der Waals surface area (Å²) in [5, 5.41) is 4.87. The van der Waals surface area contributed by atoms with Gasteiger partial charge in [0.25, 0.3) is 0 Å². The summed E-state index contributed by atoms with van der Waals surface area (Å²) in [5.41, 5.74) is 1.67. The molecule has 0 bridgehead atoms. The van der Waals surface area contributed by atoms with Crippen molar-refractivity contribution in [1.29, 1.82) is 0 Å². The van der Waals surface area contributed by atoms with Crippen molar-refractivity contribution in [3.8, 4) is 0 Å². The molecule has 50 valence electrons. The van der Waals surface area contributed by atoms with E-state index in [0.717, 1.165) is 3.26 Å². The summed E-state index contributed by atoms with van der Waals surface area (Å²) < 4.78 is 0.806. The van der Waals surface area contributed by atoms with E-state index in [4.69, 9.17) is 0 Å². The lowest BCUT2D eigenvalue weighted by molar-refractivity contribution is 0.878. The van der Waals surface area contributed by atoms with Gasteiger partial charge in [-0.15, -0.1) is 0 Å². The fourth-order valence-electron chi connectivity index (χ4n) is 1.25. The Morgan fingerprint density at radius 2 is 2.56 bits per heavy atom. The highest BCUT2D eigenvalue weighted by molar-refractivity contribution is 14.1. The van der Waals surface area contributed by atoms with Crippen molar-refractivity contribution in [3.05, 3.63) is 10.6 Å². The van der Waals surface area contributed by atoms with E-state index < -0.39 is 0 Å². The van der Waals surface area contributed by atoms with Crippen LogP contribution in [0.4, 0.5) is 0 Å². The van der Waals surface area contributed by atoms with Gasteiger partial charge in [-0.1, -0.05) is 34.4 Å². The SMILES string of the molecule is IC1CC2=C(NCC2)S1. The number of rotatable bonds is 0. The van der Waals surface area contributed by atoms with Crippen LogP contribution in [0.5, 0.6) is 0 Å². The van der Waals surface area contributed by atoms with E-state index in [2.05, 4.69) is 27.9 Å². The second-order valence-electron chi connectivity index (χ2n) is 2.34. The van der Waals surface area contributed by atoms with Crippen LogP contribution < -0.4 is 5.32 Å². The van der Waals surface area contributed by atoms with Crippen molar-refractivity contribution in [2.75, 3.05) is 6.54 Å². The van der Waals surface area contributed by atoms with Crippen molar-refractivity contribution in [3.63, 3.8) is 0 Å². The highest BCUT2D eigenvalue weighted by atomic mass is 127. The quantitative estimate of drug-likeness (QED) is 0.524. The van der Waals surface area contributed by atoms with Crippen molar-refractivity contribution in [2.45, 2.75) is 16.1 Å². The molecule has 2 rings (SSSR count). The second-order valence-corrected chi connectivity index (χ2v) is 5.90. The Morgan fingerprint density at radius 1 is 1.67 bits per heavy atom. The molecular weight excluding hydrogens is 245 g/mol. The first-order valence-electron chi connectivity index (χ1n) is 3.13. The molecule has 0 spiro atoms. The predicted octanol–water partition coefficient (Wildman–Crippen LogP) is 2.09. The molecule has 9 heavy (non-hydrogen) atoms. The highest BCUT2D eigenvalue weighted by Crippen LogP contribution is 2.42. The molecule has 2 heterocycles. The lowest BCUT2D eigenvalue weighted by Gasteiger charge is -2.01. The summed E-state index contributed by atoms with van der Waals surface area (Å²) in [7, 11) is 0. The van der Waals surface area contributed by atoms with Gasteiger partial charge in [-0.3, -0.25) is 0 Å². The summed E-state index contributed by atoms with van der Waals surface area (Å²) in [6.45, 7) is 1.18. The first-order valence-corrected chi connectivity index (χ1v) is 5.25. The van der Waals surface area contributed by atoms with E-state index in [-0.39, 0.29) is 0 Å². The number of halogens is 1. The second kappa shape index (κ2) is 2.34. The molecule has 0 saturated carbocycles. The molecule has 1 N–H and O–H groups in total. The molecule has 1 nitrogen and oxygen atoms in total. The smallest absolute Gasteiger partial charge is 0.0685 e. The van der Waals surface area contributed by atoms with Crippen LogP contribution in [0.1, 0.15) is 12.8 Å². The van der Waals surface area contributed by atoms with Crippen LogP contribution in [-0.4, -0.2) is 9.80 Å². The van der Waals surface area contributed by atoms with E-state index in [0.29, 0.717) is 0 Å². The predicted molar refractivity (Wildman–Crippen MR) is 49.7 cm³/mol. The first kappa shape index (κ1) is 6.34. The first-order chi connectivity index (χ1) is 4.36. The monoisotopic (exact) mass is 253 g/mol. The molecule has 1 unspecified atom stereocenters. The molecule has 2 aliphatic heterocycles. The normalized spacial score (nSPS) is 32.8. The van der Waals surface area contributed by atoms with Crippen molar-refractivity contribution in [2.24, 2.45) is 0 Å². The standard InChI is InChI=1S/C6H8INS/c7-5-3-4-1-2-8-6(4)9-5/h5,8H,1-3H2.